The molecule has 0 aromatic heterocycles. The van der Waals surface area contributed by atoms with Gasteiger partial charge in [-0.1, -0.05) is 0 Å². The van der Waals surface area contributed by atoms with Crippen molar-refractivity contribution in [2.45, 2.75) is 31.3 Å². The minimum atomic E-state index is -2.20. The third-order valence-electron chi connectivity index (χ3n) is 1.51. The first-order valence-electron chi connectivity index (χ1n) is 4.40. The molecule has 9 nitrogen and oxygen atoms in total. The Balaban J connectivity index is -0.0000000339. The molecule has 0 spiro atoms. The number of rotatable bonds is 5. The molecule has 0 bridgehead atoms. The zero-order valence-corrected chi connectivity index (χ0v) is 14.0. The van der Waals surface area contributed by atoms with Gasteiger partial charge in [-0.3, -0.25) is 4.79 Å². The number of aliphatic hydroxyl groups excluding tert-OH is 5. The molecule has 0 unspecified atom stereocenters. The Morgan fingerprint density at radius 3 is 1.58 bits per heavy atom. The Labute approximate surface area is 161 Å². The largest absolute Gasteiger partial charge is 2.00 e. The van der Waals surface area contributed by atoms with Crippen molar-refractivity contribution >= 4 is 72.7 Å². The summed E-state index contributed by atoms with van der Waals surface area (Å²) in [4.78, 5) is 19.1. The molecule has 0 aromatic carbocycles. The van der Waals surface area contributed by atoms with Gasteiger partial charge in [0.15, 0.2) is 6.10 Å². The fourth-order valence-electron chi connectivity index (χ4n) is 0.668. The van der Waals surface area contributed by atoms with Gasteiger partial charge in [-0.25, -0.2) is 4.79 Å². The first-order chi connectivity index (χ1) is 7.64. The molecular formula is C8H20CaMgO9. The molecule has 4 atom stereocenters. The van der Waals surface area contributed by atoms with Gasteiger partial charge in [0.25, 0.3) is 5.97 Å². The molecule has 0 aliphatic heterocycles. The summed E-state index contributed by atoms with van der Waals surface area (Å²) >= 11 is 0. The Kier molecular flexibility index (Phi) is 22.3. The Morgan fingerprint density at radius 1 is 1.05 bits per heavy atom. The van der Waals surface area contributed by atoms with Gasteiger partial charge in [0.05, 0.1) is 6.61 Å². The van der Waals surface area contributed by atoms with Crippen molar-refractivity contribution in [2.75, 3.05) is 6.61 Å². The van der Waals surface area contributed by atoms with E-state index in [1.807, 2.05) is 0 Å². The molecule has 0 aliphatic rings. The maximum atomic E-state index is 10.1. The minimum Gasteiger partial charge on any atom is -1.00 e. The average molecular weight is 325 g/mol. The number of hydrogen-bond donors (Lipinski definition) is 7. The molecule has 0 aromatic rings. The second-order valence-electron chi connectivity index (χ2n) is 3.03. The van der Waals surface area contributed by atoms with E-state index in [0.29, 0.717) is 0 Å². The first-order valence-corrected chi connectivity index (χ1v) is 4.40. The zero-order valence-electron chi connectivity index (χ0n) is 14.4. The van der Waals surface area contributed by atoms with Crippen molar-refractivity contribution in [3.8, 4) is 0 Å². The molecule has 19 heavy (non-hydrogen) atoms. The van der Waals surface area contributed by atoms with E-state index >= 15 is 0 Å². The Hall–Kier alpha value is 0.766. The average Bonchev–Trinajstić information content (AvgIpc) is 2.23. The Morgan fingerprint density at radius 2 is 1.37 bits per heavy atom. The standard InChI is InChI=1S/C6H12O7.C2H4O2.Ca.Mg.4H/c7-1-2(8)3(9)4(10)5(11)6(12)13;1-2(3)4;;;;;;/h2-5,7-11H,1H2,(H,12,13);1H3,(H,3,4);;;;;;/q;;2*+2;4*-1/t2-,3-,4+,5-;;;;;;;/m1......./s1. The molecule has 0 radical (unpaired) electrons. The summed E-state index contributed by atoms with van der Waals surface area (Å²) in [6.45, 7) is 0.241. The van der Waals surface area contributed by atoms with Crippen LogP contribution in [0, 0.1) is 0 Å². The maximum absolute atomic E-state index is 10.1. The van der Waals surface area contributed by atoms with Crippen molar-refractivity contribution < 1.29 is 51.0 Å². The summed E-state index contributed by atoms with van der Waals surface area (Å²) < 4.78 is 0. The molecule has 11 heteroatoms. The molecule has 7 N–H and O–H groups in total. The number of aliphatic carboxylic acids is 2. The topological polar surface area (TPSA) is 176 Å². The molecule has 0 heterocycles. The van der Waals surface area contributed by atoms with Crippen LogP contribution in [0.5, 0.6) is 0 Å². The van der Waals surface area contributed by atoms with Gasteiger partial charge in [0, 0.05) is 6.92 Å². The van der Waals surface area contributed by atoms with E-state index in [-0.39, 0.29) is 66.5 Å². The van der Waals surface area contributed by atoms with Crippen LogP contribution in [0.2, 0.25) is 0 Å². The molecule has 0 rings (SSSR count). The van der Waals surface area contributed by atoms with Crippen molar-refractivity contribution in [1.82, 2.24) is 0 Å². The van der Waals surface area contributed by atoms with Crippen LogP contribution in [-0.4, -0.2) is 139 Å². The maximum Gasteiger partial charge on any atom is 2.00 e. The van der Waals surface area contributed by atoms with E-state index in [2.05, 4.69) is 0 Å². The quantitative estimate of drug-likeness (QED) is 0.251. The van der Waals surface area contributed by atoms with Gasteiger partial charge in [-0.2, -0.15) is 0 Å². The van der Waals surface area contributed by atoms with Crippen LogP contribution < -0.4 is 0 Å². The van der Waals surface area contributed by atoms with Crippen LogP contribution in [0.1, 0.15) is 12.6 Å². The van der Waals surface area contributed by atoms with Gasteiger partial charge in [0.2, 0.25) is 0 Å². The third kappa shape index (κ3) is 15.0. The smallest absolute Gasteiger partial charge is 1.00 e. The van der Waals surface area contributed by atoms with Crippen molar-refractivity contribution in [3.05, 3.63) is 0 Å². The summed E-state index contributed by atoms with van der Waals surface area (Å²) in [5.41, 5.74) is 0. The molecule has 0 amide bonds. The fraction of sp³-hybridized carbons (Fsp3) is 0.750. The number of hydrogen-bond acceptors (Lipinski definition) is 7. The normalized spacial score (nSPS) is 15.3. The molecule has 110 valence electrons. The van der Waals surface area contributed by atoms with E-state index in [9.17, 15) is 4.79 Å². The number of carboxylic acids is 2. The fourth-order valence-corrected chi connectivity index (χ4v) is 0.668. The van der Waals surface area contributed by atoms with E-state index in [4.69, 9.17) is 40.5 Å². The molecular weight excluding hydrogens is 304 g/mol. The predicted octanol–water partition coefficient (Wildman–Crippen LogP) is -3.71. The van der Waals surface area contributed by atoms with Crippen molar-refractivity contribution in [2.24, 2.45) is 0 Å². The van der Waals surface area contributed by atoms with E-state index in [1.54, 1.807) is 0 Å². The van der Waals surface area contributed by atoms with E-state index in [0.717, 1.165) is 6.92 Å². The van der Waals surface area contributed by atoms with Crippen LogP contribution in [0.15, 0.2) is 0 Å². The summed E-state index contributed by atoms with van der Waals surface area (Å²) in [5, 5.41) is 59.2. The predicted molar refractivity (Wildman–Crippen MR) is 68.0 cm³/mol. The van der Waals surface area contributed by atoms with Crippen LogP contribution in [0.3, 0.4) is 0 Å². The monoisotopic (exact) mass is 324 g/mol. The van der Waals surface area contributed by atoms with Gasteiger partial charge < -0.3 is 41.5 Å². The summed E-state index contributed by atoms with van der Waals surface area (Å²) in [6, 6.07) is 0. The van der Waals surface area contributed by atoms with E-state index < -0.39 is 43.0 Å². The van der Waals surface area contributed by atoms with Crippen LogP contribution in [0.4, 0.5) is 0 Å². The van der Waals surface area contributed by atoms with E-state index in [1.165, 1.54) is 0 Å². The summed E-state index contributed by atoms with van der Waals surface area (Å²) in [7, 11) is 0. The van der Waals surface area contributed by atoms with Crippen molar-refractivity contribution in [1.29, 1.82) is 0 Å². The third-order valence-corrected chi connectivity index (χ3v) is 1.51. The van der Waals surface area contributed by atoms with Crippen LogP contribution in [-0.2, 0) is 9.59 Å². The van der Waals surface area contributed by atoms with Gasteiger partial charge in [0.1, 0.15) is 18.3 Å². The summed E-state index contributed by atoms with van der Waals surface area (Å²) in [6.07, 6.45) is -7.84. The van der Waals surface area contributed by atoms with Gasteiger partial charge >= 0.3 is 66.8 Å². The molecule has 0 saturated heterocycles. The van der Waals surface area contributed by atoms with Crippen LogP contribution in [0.25, 0.3) is 0 Å². The first kappa shape index (κ1) is 28.0. The van der Waals surface area contributed by atoms with Crippen LogP contribution >= 0.6 is 0 Å². The molecule has 0 aliphatic carbocycles. The second-order valence-corrected chi connectivity index (χ2v) is 3.03. The minimum absolute atomic E-state index is 0. The van der Waals surface area contributed by atoms with Gasteiger partial charge in [-0.05, 0) is 0 Å². The SMILES string of the molecule is CC(=O)O.O=C(O)[C@H](O)[C@@H](O)[C@H](O)[C@H](O)CO.[Ca+2].[H-].[H-].[H-].[H-].[Mg+2]. The van der Waals surface area contributed by atoms with Gasteiger partial charge in [-0.15, -0.1) is 0 Å². The second kappa shape index (κ2) is 15.2. The number of carboxylic acid groups (broad SMARTS) is 2. The zero-order chi connectivity index (χ0) is 14.2. The Bertz CT molecular complexity index is 264. The van der Waals surface area contributed by atoms with Crippen molar-refractivity contribution in [3.63, 3.8) is 0 Å². The number of carbonyl (C=O) groups is 2. The summed E-state index contributed by atoms with van der Waals surface area (Å²) in [5.74, 6) is -2.56. The molecule has 0 fully saturated rings. The number of aliphatic hydroxyl groups is 5. The molecule has 0 saturated carbocycles.